The fourth-order valence-electron chi connectivity index (χ4n) is 1.41. The van der Waals surface area contributed by atoms with Crippen LogP contribution in [-0.4, -0.2) is 12.5 Å². The summed E-state index contributed by atoms with van der Waals surface area (Å²) in [6.07, 6.45) is 0. The lowest BCUT2D eigenvalue weighted by Crippen LogP contribution is -2.29. The molecule has 1 aromatic heterocycles. The standard InChI is InChI=1S/C13H13BrN2OS/c14-10-3-5-11(6-4-10)15-9-13(17)16-8-12-2-1-7-18-12/h1-7,15H,8-9H2,(H,16,17). The van der Waals surface area contributed by atoms with Crippen molar-refractivity contribution in [3.63, 3.8) is 0 Å². The van der Waals surface area contributed by atoms with E-state index in [2.05, 4.69) is 26.6 Å². The average Bonchev–Trinajstić information content (AvgIpc) is 2.89. The minimum Gasteiger partial charge on any atom is -0.376 e. The van der Waals surface area contributed by atoms with E-state index in [1.807, 2.05) is 41.8 Å². The van der Waals surface area contributed by atoms with Gasteiger partial charge in [0.05, 0.1) is 13.1 Å². The summed E-state index contributed by atoms with van der Waals surface area (Å²) >= 11 is 5.01. The molecule has 0 saturated heterocycles. The number of thiophene rings is 1. The molecule has 2 rings (SSSR count). The molecule has 0 fully saturated rings. The first kappa shape index (κ1) is 13.1. The molecule has 0 spiro atoms. The van der Waals surface area contributed by atoms with Crippen molar-refractivity contribution in [2.45, 2.75) is 6.54 Å². The van der Waals surface area contributed by atoms with E-state index in [9.17, 15) is 4.79 Å². The second kappa shape index (κ2) is 6.56. The molecule has 0 aliphatic heterocycles. The molecule has 1 aromatic carbocycles. The Labute approximate surface area is 118 Å². The van der Waals surface area contributed by atoms with Crippen LogP contribution in [0.3, 0.4) is 0 Å². The van der Waals surface area contributed by atoms with Gasteiger partial charge in [-0.15, -0.1) is 11.3 Å². The van der Waals surface area contributed by atoms with Crippen molar-refractivity contribution in [1.82, 2.24) is 5.32 Å². The maximum atomic E-state index is 11.6. The smallest absolute Gasteiger partial charge is 0.239 e. The third-order valence-corrected chi connectivity index (χ3v) is 3.74. The SMILES string of the molecule is O=C(CNc1ccc(Br)cc1)NCc1cccs1. The van der Waals surface area contributed by atoms with Crippen molar-refractivity contribution in [1.29, 1.82) is 0 Å². The van der Waals surface area contributed by atoms with Crippen molar-refractivity contribution < 1.29 is 4.79 Å². The Bertz CT molecular complexity index is 496. The van der Waals surface area contributed by atoms with E-state index in [1.165, 1.54) is 0 Å². The average molecular weight is 325 g/mol. The fraction of sp³-hybridized carbons (Fsp3) is 0.154. The molecule has 1 heterocycles. The van der Waals surface area contributed by atoms with Crippen LogP contribution in [0, 0.1) is 0 Å². The number of amides is 1. The zero-order chi connectivity index (χ0) is 12.8. The predicted octanol–water partition coefficient (Wildman–Crippen LogP) is 3.24. The summed E-state index contributed by atoms with van der Waals surface area (Å²) in [4.78, 5) is 12.8. The molecule has 2 aromatic rings. The van der Waals surface area contributed by atoms with Gasteiger partial charge in [-0.3, -0.25) is 4.79 Å². The second-order valence-electron chi connectivity index (χ2n) is 3.72. The first-order chi connectivity index (χ1) is 8.74. The summed E-state index contributed by atoms with van der Waals surface area (Å²) in [6, 6.07) is 11.7. The molecule has 5 heteroatoms. The largest absolute Gasteiger partial charge is 0.376 e. The van der Waals surface area contributed by atoms with Gasteiger partial charge < -0.3 is 10.6 Å². The minimum absolute atomic E-state index is 0.00804. The lowest BCUT2D eigenvalue weighted by molar-refractivity contribution is -0.119. The molecular formula is C13H13BrN2OS. The second-order valence-corrected chi connectivity index (χ2v) is 5.66. The van der Waals surface area contributed by atoms with Gasteiger partial charge in [0.15, 0.2) is 0 Å². The van der Waals surface area contributed by atoms with Crippen molar-refractivity contribution in [3.05, 3.63) is 51.1 Å². The van der Waals surface area contributed by atoms with Gasteiger partial charge >= 0.3 is 0 Å². The third-order valence-electron chi connectivity index (χ3n) is 2.34. The third kappa shape index (κ3) is 4.16. The number of carbonyl (C=O) groups excluding carboxylic acids is 1. The monoisotopic (exact) mass is 324 g/mol. The Balaban J connectivity index is 1.73. The fourth-order valence-corrected chi connectivity index (χ4v) is 2.32. The Morgan fingerprint density at radius 3 is 2.67 bits per heavy atom. The molecule has 0 unspecified atom stereocenters. The van der Waals surface area contributed by atoms with E-state index in [1.54, 1.807) is 11.3 Å². The Morgan fingerprint density at radius 2 is 2.00 bits per heavy atom. The number of hydrogen-bond acceptors (Lipinski definition) is 3. The number of halogens is 1. The summed E-state index contributed by atoms with van der Waals surface area (Å²) in [6.45, 7) is 0.880. The van der Waals surface area contributed by atoms with Crippen molar-refractivity contribution in [2.75, 3.05) is 11.9 Å². The topological polar surface area (TPSA) is 41.1 Å². The van der Waals surface area contributed by atoms with Crippen molar-refractivity contribution in [2.24, 2.45) is 0 Å². The van der Waals surface area contributed by atoms with Gasteiger partial charge in [0.1, 0.15) is 0 Å². The number of anilines is 1. The number of nitrogens with one attached hydrogen (secondary N) is 2. The van der Waals surface area contributed by atoms with Gasteiger partial charge in [-0.25, -0.2) is 0 Å². The van der Waals surface area contributed by atoms with E-state index in [4.69, 9.17) is 0 Å². The maximum absolute atomic E-state index is 11.6. The first-order valence-corrected chi connectivity index (χ1v) is 7.20. The highest BCUT2D eigenvalue weighted by molar-refractivity contribution is 9.10. The van der Waals surface area contributed by atoms with Crippen LogP contribution in [0.1, 0.15) is 4.88 Å². The van der Waals surface area contributed by atoms with Crippen LogP contribution in [0.25, 0.3) is 0 Å². The summed E-state index contributed by atoms with van der Waals surface area (Å²) in [5.74, 6) is -0.00804. The molecule has 18 heavy (non-hydrogen) atoms. The lowest BCUT2D eigenvalue weighted by atomic mass is 10.3. The van der Waals surface area contributed by atoms with Gasteiger partial charge in [-0.2, -0.15) is 0 Å². The lowest BCUT2D eigenvalue weighted by Gasteiger charge is -2.07. The molecule has 0 aliphatic carbocycles. The number of carbonyl (C=O) groups is 1. The number of hydrogen-bond donors (Lipinski definition) is 2. The summed E-state index contributed by atoms with van der Waals surface area (Å²) < 4.78 is 1.02. The number of rotatable bonds is 5. The molecule has 0 saturated carbocycles. The van der Waals surface area contributed by atoms with Gasteiger partial charge in [0.25, 0.3) is 0 Å². The Morgan fingerprint density at radius 1 is 1.22 bits per heavy atom. The van der Waals surface area contributed by atoms with Gasteiger partial charge in [0.2, 0.25) is 5.91 Å². The minimum atomic E-state index is -0.00804. The normalized spacial score (nSPS) is 10.1. The van der Waals surface area contributed by atoms with E-state index < -0.39 is 0 Å². The van der Waals surface area contributed by atoms with Crippen LogP contribution >= 0.6 is 27.3 Å². The van der Waals surface area contributed by atoms with Crippen LogP contribution in [0.5, 0.6) is 0 Å². The summed E-state index contributed by atoms with van der Waals surface area (Å²) in [7, 11) is 0. The van der Waals surface area contributed by atoms with Crippen LogP contribution < -0.4 is 10.6 Å². The molecular weight excluding hydrogens is 312 g/mol. The quantitative estimate of drug-likeness (QED) is 0.886. The van der Waals surface area contributed by atoms with E-state index in [0.29, 0.717) is 6.54 Å². The Kier molecular flexibility index (Phi) is 4.78. The van der Waals surface area contributed by atoms with Crippen molar-refractivity contribution in [3.8, 4) is 0 Å². The zero-order valence-electron chi connectivity index (χ0n) is 9.65. The molecule has 0 bridgehead atoms. The molecule has 0 atom stereocenters. The van der Waals surface area contributed by atoms with Gasteiger partial charge in [-0.05, 0) is 35.7 Å². The van der Waals surface area contributed by atoms with Gasteiger partial charge in [0, 0.05) is 15.0 Å². The number of benzene rings is 1. The highest BCUT2D eigenvalue weighted by Gasteiger charge is 2.01. The highest BCUT2D eigenvalue weighted by atomic mass is 79.9. The van der Waals surface area contributed by atoms with Crippen LogP contribution in [0.2, 0.25) is 0 Å². The van der Waals surface area contributed by atoms with Gasteiger partial charge in [-0.1, -0.05) is 22.0 Å². The molecule has 0 radical (unpaired) electrons. The molecule has 94 valence electrons. The Hall–Kier alpha value is -1.33. The van der Waals surface area contributed by atoms with Crippen LogP contribution in [0.4, 0.5) is 5.69 Å². The first-order valence-electron chi connectivity index (χ1n) is 5.52. The summed E-state index contributed by atoms with van der Waals surface area (Å²) in [5, 5.41) is 7.94. The molecule has 0 aliphatic rings. The summed E-state index contributed by atoms with van der Waals surface area (Å²) in [5.41, 5.74) is 0.935. The highest BCUT2D eigenvalue weighted by Crippen LogP contribution is 2.13. The van der Waals surface area contributed by atoms with Crippen molar-refractivity contribution >= 4 is 38.9 Å². The predicted molar refractivity (Wildman–Crippen MR) is 78.8 cm³/mol. The molecule has 2 N–H and O–H groups in total. The maximum Gasteiger partial charge on any atom is 0.239 e. The molecule has 3 nitrogen and oxygen atoms in total. The van der Waals surface area contributed by atoms with E-state index >= 15 is 0 Å². The zero-order valence-corrected chi connectivity index (χ0v) is 12.1. The van der Waals surface area contributed by atoms with E-state index in [0.717, 1.165) is 15.0 Å². The molecule has 1 amide bonds. The van der Waals surface area contributed by atoms with E-state index in [-0.39, 0.29) is 12.5 Å². The van der Waals surface area contributed by atoms with Crippen LogP contribution in [-0.2, 0) is 11.3 Å². The van der Waals surface area contributed by atoms with Crippen LogP contribution in [0.15, 0.2) is 46.3 Å².